The normalized spacial score (nSPS) is 25.1. The molecule has 0 radical (unpaired) electrons. The number of ketones is 1. The minimum Gasteiger partial charge on any atom is -0.377 e. The first-order chi connectivity index (χ1) is 13.7. The van der Waals surface area contributed by atoms with E-state index in [1.54, 1.807) is 6.92 Å². The van der Waals surface area contributed by atoms with E-state index >= 15 is 0 Å². The number of hydrogen-bond acceptors (Lipinski definition) is 6. The number of fused-ring (bicyclic) bond motifs is 1. The number of anilines is 2. The molecular formula is C18H22F4N4O3. The van der Waals surface area contributed by atoms with E-state index in [-0.39, 0.29) is 55.8 Å². The number of Topliss-reactive ketones (excluding diaryl/α,β-unsaturated/α-hetero) is 1. The Morgan fingerprint density at radius 2 is 1.97 bits per heavy atom. The van der Waals surface area contributed by atoms with Crippen LogP contribution < -0.4 is 15.4 Å². The van der Waals surface area contributed by atoms with Crippen molar-refractivity contribution in [1.29, 1.82) is 0 Å². The summed E-state index contributed by atoms with van der Waals surface area (Å²) in [6.45, 7) is 2.37. The SMILES string of the molecule is CC1COCCN1c1nc2n(c(=O)c1F)C(C(F)(F)F)CCN2CC(=O)C1CC1. The molecule has 1 saturated carbocycles. The van der Waals surface area contributed by atoms with Gasteiger partial charge < -0.3 is 14.5 Å². The Labute approximate surface area is 164 Å². The Kier molecular flexibility index (Phi) is 5.04. The smallest absolute Gasteiger partial charge is 0.377 e. The van der Waals surface area contributed by atoms with Gasteiger partial charge in [0.2, 0.25) is 11.8 Å². The Balaban J connectivity index is 1.80. The van der Waals surface area contributed by atoms with E-state index in [1.165, 1.54) is 9.80 Å². The molecule has 7 nitrogen and oxygen atoms in total. The molecule has 1 aromatic heterocycles. The maximum atomic E-state index is 14.9. The summed E-state index contributed by atoms with van der Waals surface area (Å²) < 4.78 is 61.2. The number of halogens is 4. The van der Waals surface area contributed by atoms with Crippen LogP contribution in [-0.4, -0.2) is 60.4 Å². The van der Waals surface area contributed by atoms with Gasteiger partial charge in [-0.05, 0) is 26.2 Å². The maximum absolute atomic E-state index is 14.9. The van der Waals surface area contributed by atoms with E-state index in [2.05, 4.69) is 4.98 Å². The van der Waals surface area contributed by atoms with E-state index in [9.17, 15) is 27.2 Å². The van der Waals surface area contributed by atoms with Gasteiger partial charge >= 0.3 is 6.18 Å². The van der Waals surface area contributed by atoms with Gasteiger partial charge in [-0.25, -0.2) is 0 Å². The Morgan fingerprint density at radius 1 is 1.24 bits per heavy atom. The molecule has 4 rings (SSSR count). The fourth-order valence-electron chi connectivity index (χ4n) is 3.92. The summed E-state index contributed by atoms with van der Waals surface area (Å²) in [5, 5.41) is 0. The van der Waals surface area contributed by atoms with Crippen molar-refractivity contribution in [2.75, 3.05) is 42.6 Å². The first kappa shape index (κ1) is 20.1. The third-order valence-corrected chi connectivity index (χ3v) is 5.69. The number of aromatic nitrogens is 2. The highest BCUT2D eigenvalue weighted by molar-refractivity contribution is 5.87. The first-order valence-electron chi connectivity index (χ1n) is 9.69. The van der Waals surface area contributed by atoms with E-state index in [4.69, 9.17) is 4.74 Å². The highest BCUT2D eigenvalue weighted by Gasteiger charge is 2.47. The lowest BCUT2D eigenvalue weighted by Gasteiger charge is -2.39. The Bertz CT molecular complexity index is 868. The Hall–Kier alpha value is -2.17. The van der Waals surface area contributed by atoms with Crippen LogP contribution in [0, 0.1) is 11.7 Å². The number of alkyl halides is 3. The largest absolute Gasteiger partial charge is 0.409 e. The third kappa shape index (κ3) is 3.72. The van der Waals surface area contributed by atoms with Crippen molar-refractivity contribution >= 4 is 17.5 Å². The average Bonchev–Trinajstić information content (AvgIpc) is 3.50. The summed E-state index contributed by atoms with van der Waals surface area (Å²) in [6, 6.07) is -2.47. The topological polar surface area (TPSA) is 67.7 Å². The highest BCUT2D eigenvalue weighted by atomic mass is 19.4. The molecule has 1 saturated heterocycles. The molecule has 1 aromatic rings. The number of carbonyl (C=O) groups is 1. The highest BCUT2D eigenvalue weighted by Crippen LogP contribution is 2.39. The van der Waals surface area contributed by atoms with Crippen molar-refractivity contribution in [2.24, 2.45) is 5.92 Å². The van der Waals surface area contributed by atoms with Crippen LogP contribution in [0.5, 0.6) is 0 Å². The van der Waals surface area contributed by atoms with Crippen molar-refractivity contribution in [1.82, 2.24) is 9.55 Å². The molecule has 3 aliphatic rings. The second kappa shape index (κ2) is 7.26. The van der Waals surface area contributed by atoms with Gasteiger partial charge in [0.25, 0.3) is 5.56 Å². The van der Waals surface area contributed by atoms with Crippen molar-refractivity contribution in [2.45, 2.75) is 44.4 Å². The molecule has 11 heteroatoms. The molecule has 0 aromatic carbocycles. The minimum absolute atomic E-state index is 0.0845. The molecule has 2 unspecified atom stereocenters. The molecule has 2 atom stereocenters. The summed E-state index contributed by atoms with van der Waals surface area (Å²) in [7, 11) is 0. The molecule has 0 amide bonds. The zero-order valence-electron chi connectivity index (χ0n) is 15.9. The third-order valence-electron chi connectivity index (χ3n) is 5.69. The second-order valence-corrected chi connectivity index (χ2v) is 7.85. The maximum Gasteiger partial charge on any atom is 0.409 e. The molecule has 0 bridgehead atoms. The van der Waals surface area contributed by atoms with Gasteiger partial charge in [0.15, 0.2) is 11.6 Å². The van der Waals surface area contributed by atoms with E-state index < -0.39 is 30.0 Å². The summed E-state index contributed by atoms with van der Waals surface area (Å²) in [4.78, 5) is 32.0. The van der Waals surface area contributed by atoms with E-state index in [1.807, 2.05) is 0 Å². The molecule has 0 spiro atoms. The van der Waals surface area contributed by atoms with E-state index in [0.29, 0.717) is 11.2 Å². The first-order valence-corrected chi connectivity index (χ1v) is 9.69. The van der Waals surface area contributed by atoms with Gasteiger partial charge in [0.1, 0.15) is 6.04 Å². The molecule has 160 valence electrons. The summed E-state index contributed by atoms with van der Waals surface area (Å²) >= 11 is 0. The quantitative estimate of drug-likeness (QED) is 0.696. The van der Waals surface area contributed by atoms with Crippen molar-refractivity contribution in [3.63, 3.8) is 0 Å². The summed E-state index contributed by atoms with van der Waals surface area (Å²) in [5.41, 5.74) is -1.37. The lowest BCUT2D eigenvalue weighted by Crippen LogP contribution is -2.50. The molecule has 2 aliphatic heterocycles. The van der Waals surface area contributed by atoms with Crippen molar-refractivity contribution in [3.8, 4) is 0 Å². The molecule has 1 aliphatic carbocycles. The monoisotopic (exact) mass is 418 g/mol. The van der Waals surface area contributed by atoms with Gasteiger partial charge in [0, 0.05) is 19.0 Å². The Morgan fingerprint density at radius 3 is 2.59 bits per heavy atom. The van der Waals surface area contributed by atoms with Crippen LogP contribution in [0.1, 0.15) is 32.2 Å². The van der Waals surface area contributed by atoms with Crippen molar-refractivity contribution in [3.05, 3.63) is 16.2 Å². The number of carbonyl (C=O) groups excluding carboxylic acids is 1. The number of rotatable bonds is 4. The lowest BCUT2D eigenvalue weighted by atomic mass is 10.1. The molecule has 29 heavy (non-hydrogen) atoms. The van der Waals surface area contributed by atoms with Gasteiger partial charge in [-0.1, -0.05) is 0 Å². The van der Waals surface area contributed by atoms with Crippen LogP contribution in [0.15, 0.2) is 4.79 Å². The van der Waals surface area contributed by atoms with Crippen LogP contribution >= 0.6 is 0 Å². The number of nitrogens with zero attached hydrogens (tertiary/aromatic N) is 4. The van der Waals surface area contributed by atoms with Crippen molar-refractivity contribution < 1.29 is 27.1 Å². The fraction of sp³-hybridized carbons (Fsp3) is 0.722. The average molecular weight is 418 g/mol. The lowest BCUT2D eigenvalue weighted by molar-refractivity contribution is -0.171. The van der Waals surface area contributed by atoms with Gasteiger partial charge in [0.05, 0.1) is 25.8 Å². The zero-order chi connectivity index (χ0) is 20.9. The summed E-state index contributed by atoms with van der Waals surface area (Å²) in [5.74, 6) is -2.08. The van der Waals surface area contributed by atoms with Crippen LogP contribution in [-0.2, 0) is 9.53 Å². The van der Waals surface area contributed by atoms with Crippen LogP contribution in [0.2, 0.25) is 0 Å². The predicted molar refractivity (Wildman–Crippen MR) is 95.7 cm³/mol. The molecule has 3 heterocycles. The molecular weight excluding hydrogens is 396 g/mol. The van der Waals surface area contributed by atoms with Gasteiger partial charge in [-0.2, -0.15) is 22.5 Å². The van der Waals surface area contributed by atoms with Crippen LogP contribution in [0.4, 0.5) is 29.3 Å². The summed E-state index contributed by atoms with van der Waals surface area (Å²) in [6.07, 6.45) is -3.65. The number of ether oxygens (including phenoxy) is 1. The standard InChI is InChI=1S/C18H22F4N4O3/c1-10-9-29-7-6-25(10)15-14(19)16(28)26-13(18(20,21)22)4-5-24(17(26)23-15)8-12(27)11-2-3-11/h10-11,13H,2-9H2,1H3. The van der Waals surface area contributed by atoms with Crippen LogP contribution in [0.25, 0.3) is 0 Å². The van der Waals surface area contributed by atoms with Crippen LogP contribution in [0.3, 0.4) is 0 Å². The van der Waals surface area contributed by atoms with Gasteiger partial charge in [-0.3, -0.25) is 14.2 Å². The zero-order valence-corrected chi connectivity index (χ0v) is 15.9. The molecule has 2 fully saturated rings. The number of hydrogen-bond donors (Lipinski definition) is 0. The fourth-order valence-corrected chi connectivity index (χ4v) is 3.92. The number of morpholine rings is 1. The second-order valence-electron chi connectivity index (χ2n) is 7.85. The molecule has 0 N–H and O–H groups in total. The van der Waals surface area contributed by atoms with E-state index in [0.717, 1.165) is 12.8 Å². The van der Waals surface area contributed by atoms with Gasteiger partial charge in [-0.15, -0.1) is 0 Å². The minimum atomic E-state index is -4.73. The predicted octanol–water partition coefficient (Wildman–Crippen LogP) is 1.90.